The van der Waals surface area contributed by atoms with Gasteiger partial charge < -0.3 is 14.9 Å². The summed E-state index contributed by atoms with van der Waals surface area (Å²) >= 11 is 5.99. The van der Waals surface area contributed by atoms with Crippen molar-refractivity contribution >= 4 is 34.9 Å². The SMILES string of the molecule is CC(=O)N1c2ccccc2N(Cc2ccc(Cl)cc2C(=O)O)CC1C1CC1. The van der Waals surface area contributed by atoms with Crippen molar-refractivity contribution < 1.29 is 14.7 Å². The Balaban J connectivity index is 1.74. The zero-order valence-corrected chi connectivity index (χ0v) is 15.8. The number of carboxylic acids is 1. The molecular formula is C21H21ClN2O3. The van der Waals surface area contributed by atoms with Crippen LogP contribution in [0.2, 0.25) is 5.02 Å². The number of carbonyl (C=O) groups is 2. The average Bonchev–Trinajstić information content (AvgIpc) is 3.47. The van der Waals surface area contributed by atoms with Crippen LogP contribution in [0.25, 0.3) is 0 Å². The third kappa shape index (κ3) is 3.39. The van der Waals surface area contributed by atoms with Gasteiger partial charge in [0, 0.05) is 25.0 Å². The van der Waals surface area contributed by atoms with Crippen molar-refractivity contribution in [3.63, 3.8) is 0 Å². The van der Waals surface area contributed by atoms with Gasteiger partial charge in [-0.25, -0.2) is 4.79 Å². The Morgan fingerprint density at radius 2 is 1.85 bits per heavy atom. The molecule has 6 heteroatoms. The summed E-state index contributed by atoms with van der Waals surface area (Å²) < 4.78 is 0. The van der Waals surface area contributed by atoms with Gasteiger partial charge >= 0.3 is 5.97 Å². The third-order valence-electron chi connectivity index (χ3n) is 5.39. The molecule has 5 nitrogen and oxygen atoms in total. The minimum atomic E-state index is -0.984. The van der Waals surface area contributed by atoms with E-state index in [1.54, 1.807) is 19.1 Å². The van der Waals surface area contributed by atoms with Crippen LogP contribution in [0.5, 0.6) is 0 Å². The highest BCUT2D eigenvalue weighted by atomic mass is 35.5. The van der Waals surface area contributed by atoms with Gasteiger partial charge in [-0.15, -0.1) is 0 Å². The highest BCUT2D eigenvalue weighted by Gasteiger charge is 2.42. The van der Waals surface area contributed by atoms with Crippen molar-refractivity contribution in [3.05, 3.63) is 58.6 Å². The van der Waals surface area contributed by atoms with E-state index in [2.05, 4.69) is 4.90 Å². The van der Waals surface area contributed by atoms with Crippen LogP contribution in [0.15, 0.2) is 42.5 Å². The number of hydrogen-bond donors (Lipinski definition) is 1. The summed E-state index contributed by atoms with van der Waals surface area (Å²) in [6.07, 6.45) is 2.26. The van der Waals surface area contributed by atoms with Gasteiger partial charge in [0.1, 0.15) is 0 Å². The second-order valence-corrected chi connectivity index (χ2v) is 7.71. The Bertz CT molecular complexity index is 910. The molecule has 0 radical (unpaired) electrons. The number of fused-ring (bicyclic) bond motifs is 1. The van der Waals surface area contributed by atoms with Gasteiger partial charge in [-0.1, -0.05) is 29.8 Å². The molecule has 0 bridgehead atoms. The molecule has 1 fully saturated rings. The molecule has 0 aromatic heterocycles. The number of rotatable bonds is 4. The van der Waals surface area contributed by atoms with Crippen molar-refractivity contribution in [3.8, 4) is 0 Å². The zero-order chi connectivity index (χ0) is 19.1. The fraction of sp³-hybridized carbons (Fsp3) is 0.333. The van der Waals surface area contributed by atoms with E-state index in [1.165, 1.54) is 6.07 Å². The third-order valence-corrected chi connectivity index (χ3v) is 5.63. The number of carbonyl (C=O) groups excluding carboxylic acids is 1. The van der Waals surface area contributed by atoms with E-state index < -0.39 is 5.97 Å². The zero-order valence-electron chi connectivity index (χ0n) is 15.1. The largest absolute Gasteiger partial charge is 0.478 e. The molecule has 4 rings (SSSR count). The highest BCUT2D eigenvalue weighted by Crippen LogP contribution is 2.44. The number of anilines is 2. The first-order valence-electron chi connectivity index (χ1n) is 9.11. The minimum absolute atomic E-state index is 0.0525. The molecule has 140 valence electrons. The predicted octanol–water partition coefficient (Wildman–Crippen LogP) is 4.19. The van der Waals surface area contributed by atoms with E-state index in [1.807, 2.05) is 29.2 Å². The van der Waals surface area contributed by atoms with Crippen LogP contribution in [0.1, 0.15) is 35.7 Å². The highest BCUT2D eigenvalue weighted by molar-refractivity contribution is 6.31. The Morgan fingerprint density at radius 1 is 1.15 bits per heavy atom. The summed E-state index contributed by atoms with van der Waals surface area (Å²) in [6, 6.07) is 13.0. The summed E-state index contributed by atoms with van der Waals surface area (Å²) in [6.45, 7) is 2.78. The van der Waals surface area contributed by atoms with Crippen LogP contribution >= 0.6 is 11.6 Å². The molecule has 1 N–H and O–H groups in total. The molecule has 1 heterocycles. The number of hydrogen-bond acceptors (Lipinski definition) is 3. The van der Waals surface area contributed by atoms with Crippen LogP contribution in [0.4, 0.5) is 11.4 Å². The first-order valence-corrected chi connectivity index (χ1v) is 9.49. The minimum Gasteiger partial charge on any atom is -0.478 e. The molecule has 0 spiro atoms. The van der Waals surface area contributed by atoms with Crippen molar-refractivity contribution in [2.45, 2.75) is 32.4 Å². The van der Waals surface area contributed by atoms with E-state index >= 15 is 0 Å². The van der Waals surface area contributed by atoms with Crippen LogP contribution in [0.3, 0.4) is 0 Å². The number of carboxylic acid groups (broad SMARTS) is 1. The summed E-state index contributed by atoms with van der Waals surface area (Å²) in [5.74, 6) is -0.424. The fourth-order valence-electron chi connectivity index (χ4n) is 4.00. The summed E-state index contributed by atoms with van der Waals surface area (Å²) in [4.78, 5) is 28.1. The molecule has 0 saturated heterocycles. The number of amides is 1. The molecule has 1 saturated carbocycles. The molecule has 2 aliphatic rings. The molecule has 2 aromatic rings. The lowest BCUT2D eigenvalue weighted by molar-refractivity contribution is -0.117. The predicted molar refractivity (Wildman–Crippen MR) is 106 cm³/mol. The normalized spacial score (nSPS) is 19.0. The van der Waals surface area contributed by atoms with E-state index in [9.17, 15) is 14.7 Å². The molecule has 1 amide bonds. The fourth-order valence-corrected chi connectivity index (χ4v) is 4.18. The van der Waals surface area contributed by atoms with Gasteiger partial charge in [0.15, 0.2) is 0 Å². The van der Waals surface area contributed by atoms with Gasteiger partial charge in [-0.05, 0) is 48.6 Å². The molecular weight excluding hydrogens is 364 g/mol. The van der Waals surface area contributed by atoms with E-state index in [-0.39, 0.29) is 17.5 Å². The van der Waals surface area contributed by atoms with Crippen LogP contribution in [0, 0.1) is 5.92 Å². The van der Waals surface area contributed by atoms with Crippen LogP contribution < -0.4 is 9.80 Å². The molecule has 1 aliphatic carbocycles. The number of aromatic carboxylic acids is 1. The molecule has 1 atom stereocenters. The van der Waals surface area contributed by atoms with E-state index in [0.717, 1.165) is 24.2 Å². The van der Waals surface area contributed by atoms with E-state index in [4.69, 9.17) is 11.6 Å². The lowest BCUT2D eigenvalue weighted by Crippen LogP contribution is -2.52. The maximum atomic E-state index is 12.4. The first-order chi connectivity index (χ1) is 13.0. The summed E-state index contributed by atoms with van der Waals surface area (Å²) in [5, 5.41) is 9.96. The Labute approximate surface area is 163 Å². The smallest absolute Gasteiger partial charge is 0.336 e. The lowest BCUT2D eigenvalue weighted by atomic mass is 10.0. The molecule has 1 aliphatic heterocycles. The Morgan fingerprint density at radius 3 is 2.48 bits per heavy atom. The van der Waals surface area contributed by atoms with Gasteiger partial charge in [-0.3, -0.25) is 4.79 Å². The Kier molecular flexibility index (Phi) is 4.56. The van der Waals surface area contributed by atoms with E-state index in [0.29, 0.717) is 29.6 Å². The number of para-hydroxylation sites is 2. The number of halogens is 1. The quantitative estimate of drug-likeness (QED) is 0.858. The maximum Gasteiger partial charge on any atom is 0.336 e. The summed E-state index contributed by atoms with van der Waals surface area (Å²) in [5.41, 5.74) is 2.79. The average molecular weight is 385 g/mol. The van der Waals surface area contributed by atoms with Crippen molar-refractivity contribution in [1.29, 1.82) is 0 Å². The van der Waals surface area contributed by atoms with Crippen molar-refractivity contribution in [2.75, 3.05) is 16.3 Å². The van der Waals surface area contributed by atoms with Crippen molar-refractivity contribution in [1.82, 2.24) is 0 Å². The van der Waals surface area contributed by atoms with Crippen molar-refractivity contribution in [2.24, 2.45) is 5.92 Å². The van der Waals surface area contributed by atoms with Gasteiger partial charge in [-0.2, -0.15) is 0 Å². The molecule has 2 aromatic carbocycles. The topological polar surface area (TPSA) is 60.9 Å². The lowest BCUT2D eigenvalue weighted by Gasteiger charge is -2.43. The standard InChI is InChI=1S/C21H21ClN2O3/c1-13(25)24-19-5-3-2-4-18(19)23(12-20(24)14-6-7-14)11-15-8-9-16(22)10-17(15)21(26)27/h2-5,8-10,14,20H,6-7,11-12H2,1H3,(H,26,27). The first kappa shape index (κ1) is 17.9. The second kappa shape index (κ2) is 6.89. The van der Waals surface area contributed by atoms with Crippen LogP contribution in [-0.4, -0.2) is 29.6 Å². The van der Waals surface area contributed by atoms with Gasteiger partial charge in [0.05, 0.1) is 23.0 Å². The molecule has 1 unspecified atom stereocenters. The van der Waals surface area contributed by atoms with Gasteiger partial charge in [0.25, 0.3) is 0 Å². The molecule has 27 heavy (non-hydrogen) atoms. The second-order valence-electron chi connectivity index (χ2n) is 7.27. The monoisotopic (exact) mass is 384 g/mol. The number of benzene rings is 2. The Hall–Kier alpha value is -2.53. The van der Waals surface area contributed by atoms with Gasteiger partial charge in [0.2, 0.25) is 5.91 Å². The maximum absolute atomic E-state index is 12.4. The summed E-state index contributed by atoms with van der Waals surface area (Å²) in [7, 11) is 0. The van der Waals surface area contributed by atoms with Crippen LogP contribution in [-0.2, 0) is 11.3 Å². The number of nitrogens with zero attached hydrogens (tertiary/aromatic N) is 2.